The van der Waals surface area contributed by atoms with Crippen LogP contribution in [0, 0.1) is 5.92 Å². The fraction of sp³-hybridized carbons (Fsp3) is 0.360. The second-order valence-corrected chi connectivity index (χ2v) is 9.17. The van der Waals surface area contributed by atoms with Crippen molar-refractivity contribution in [1.82, 2.24) is 4.98 Å². The molecule has 1 aromatic heterocycles. The summed E-state index contributed by atoms with van der Waals surface area (Å²) in [5, 5.41) is 2.52. The first kappa shape index (κ1) is 18.7. The third kappa shape index (κ3) is 3.78. The Morgan fingerprint density at radius 2 is 2.00 bits per heavy atom. The van der Waals surface area contributed by atoms with Crippen molar-refractivity contribution in [2.45, 2.75) is 48.7 Å². The van der Waals surface area contributed by atoms with E-state index in [0.29, 0.717) is 5.92 Å². The number of fused-ring (bicyclic) bond motifs is 2. The second kappa shape index (κ2) is 7.83. The minimum absolute atomic E-state index is 0.0363. The summed E-state index contributed by atoms with van der Waals surface area (Å²) in [6.07, 6.45) is 7.12. The van der Waals surface area contributed by atoms with Crippen LogP contribution in [0.2, 0.25) is 0 Å². The molecule has 4 heteroatoms. The van der Waals surface area contributed by atoms with Crippen molar-refractivity contribution >= 4 is 28.5 Å². The molecule has 29 heavy (non-hydrogen) atoms. The molecule has 0 aliphatic heterocycles. The smallest absolute Gasteiger partial charge is 0.309 e. The number of hydrogen-bond donors (Lipinski definition) is 0. The quantitative estimate of drug-likeness (QED) is 0.406. The van der Waals surface area contributed by atoms with Gasteiger partial charge in [0.25, 0.3) is 0 Å². The van der Waals surface area contributed by atoms with Crippen LogP contribution in [0.5, 0.6) is 0 Å². The minimum Gasteiger partial charge on any atom is -0.469 e. The molecule has 0 radical (unpaired) electrons. The molecule has 148 valence electrons. The molecule has 1 saturated carbocycles. The largest absolute Gasteiger partial charge is 0.469 e. The molecular weight excluding hydrogens is 378 g/mol. The highest BCUT2D eigenvalue weighted by Gasteiger charge is 2.29. The lowest BCUT2D eigenvalue weighted by atomic mass is 9.82. The van der Waals surface area contributed by atoms with Crippen LogP contribution in [0.15, 0.2) is 53.6 Å². The summed E-state index contributed by atoms with van der Waals surface area (Å²) in [5.41, 5.74) is 5.25. The summed E-state index contributed by atoms with van der Waals surface area (Å²) in [6.45, 7) is 0. The van der Waals surface area contributed by atoms with E-state index in [9.17, 15) is 4.79 Å². The molecule has 1 atom stereocenters. The van der Waals surface area contributed by atoms with Gasteiger partial charge in [-0.1, -0.05) is 30.3 Å². The highest BCUT2D eigenvalue weighted by Crippen LogP contribution is 2.44. The van der Waals surface area contributed by atoms with E-state index < -0.39 is 0 Å². The van der Waals surface area contributed by atoms with Gasteiger partial charge in [-0.15, -0.1) is 11.8 Å². The number of carbonyl (C=O) groups excluding carboxylic acids is 1. The van der Waals surface area contributed by atoms with Crippen LogP contribution >= 0.6 is 11.8 Å². The first-order valence-electron chi connectivity index (χ1n) is 10.4. The minimum atomic E-state index is -0.0804. The van der Waals surface area contributed by atoms with Crippen molar-refractivity contribution in [1.29, 1.82) is 0 Å². The van der Waals surface area contributed by atoms with Crippen LogP contribution in [0.3, 0.4) is 0 Å². The van der Waals surface area contributed by atoms with E-state index in [1.165, 1.54) is 58.0 Å². The summed E-state index contributed by atoms with van der Waals surface area (Å²) in [7, 11) is 1.50. The van der Waals surface area contributed by atoms with E-state index in [4.69, 9.17) is 9.72 Å². The molecular formula is C25H25NO2S. The normalized spacial score (nSPS) is 18.4. The van der Waals surface area contributed by atoms with Crippen LogP contribution in [0.25, 0.3) is 10.8 Å². The number of ether oxygens (including phenoxy) is 1. The number of methoxy groups -OCH3 is 1. The second-order valence-electron chi connectivity index (χ2n) is 8.19. The average Bonchev–Trinajstić information content (AvgIpc) is 3.61. The number of aromatic nitrogens is 1. The number of hydrogen-bond acceptors (Lipinski definition) is 4. The number of aryl methyl sites for hydroxylation is 1. The SMILES string of the molecule is COC(=O)C1CCc2cc3cnc(C4CC4)cc3c(SCc3ccccc3)c2C1. The van der Waals surface area contributed by atoms with Crippen LogP contribution < -0.4 is 0 Å². The Labute approximate surface area is 175 Å². The van der Waals surface area contributed by atoms with Crippen molar-refractivity contribution < 1.29 is 9.53 Å². The van der Waals surface area contributed by atoms with Gasteiger partial charge in [0, 0.05) is 33.8 Å². The van der Waals surface area contributed by atoms with E-state index in [1.807, 2.05) is 11.8 Å². The Bertz CT molecular complexity index is 1060. The molecule has 5 rings (SSSR count). The molecule has 1 heterocycles. The number of esters is 1. The fourth-order valence-corrected chi connectivity index (χ4v) is 5.59. The van der Waals surface area contributed by atoms with Gasteiger partial charge in [-0.05, 0) is 66.3 Å². The van der Waals surface area contributed by atoms with E-state index >= 15 is 0 Å². The third-order valence-electron chi connectivity index (χ3n) is 6.16. The zero-order valence-corrected chi connectivity index (χ0v) is 17.5. The van der Waals surface area contributed by atoms with Crippen molar-refractivity contribution in [3.05, 3.63) is 71.0 Å². The molecule has 2 aromatic carbocycles. The Morgan fingerprint density at radius 3 is 2.76 bits per heavy atom. The van der Waals surface area contributed by atoms with Crippen molar-refractivity contribution in [2.75, 3.05) is 7.11 Å². The van der Waals surface area contributed by atoms with Crippen molar-refractivity contribution in [2.24, 2.45) is 5.92 Å². The first-order chi connectivity index (χ1) is 14.2. The van der Waals surface area contributed by atoms with Gasteiger partial charge in [0.2, 0.25) is 0 Å². The number of thioether (sulfide) groups is 1. The molecule has 3 nitrogen and oxygen atoms in total. The zero-order chi connectivity index (χ0) is 19.8. The van der Waals surface area contributed by atoms with Crippen molar-refractivity contribution in [3.8, 4) is 0 Å². The summed E-state index contributed by atoms with van der Waals surface area (Å²) in [5.74, 6) is 1.44. The van der Waals surface area contributed by atoms with Gasteiger partial charge in [0.1, 0.15) is 0 Å². The monoisotopic (exact) mass is 403 g/mol. The van der Waals surface area contributed by atoms with Gasteiger partial charge in [-0.3, -0.25) is 9.78 Å². The van der Waals surface area contributed by atoms with Gasteiger partial charge in [-0.2, -0.15) is 0 Å². The van der Waals surface area contributed by atoms with Gasteiger partial charge < -0.3 is 4.74 Å². The van der Waals surface area contributed by atoms with E-state index in [0.717, 1.165) is 25.0 Å². The lowest BCUT2D eigenvalue weighted by Crippen LogP contribution is -2.24. The highest BCUT2D eigenvalue weighted by atomic mass is 32.2. The van der Waals surface area contributed by atoms with Crippen molar-refractivity contribution in [3.63, 3.8) is 0 Å². The van der Waals surface area contributed by atoms with E-state index in [-0.39, 0.29) is 11.9 Å². The lowest BCUT2D eigenvalue weighted by molar-refractivity contribution is -0.145. The standard InChI is InChI=1S/C25H25NO2S/c1-28-25(27)19-10-9-18-11-20-14-26-23(17-7-8-17)13-22(20)24(21(18)12-19)29-15-16-5-3-2-4-6-16/h2-6,11,13-14,17,19H,7-10,12,15H2,1H3. The topological polar surface area (TPSA) is 39.2 Å². The van der Waals surface area contributed by atoms with E-state index in [1.54, 1.807) is 0 Å². The Kier molecular flexibility index (Phi) is 5.04. The molecule has 2 aliphatic rings. The first-order valence-corrected chi connectivity index (χ1v) is 11.4. The van der Waals surface area contributed by atoms with Gasteiger partial charge in [0.15, 0.2) is 0 Å². The van der Waals surface area contributed by atoms with Crippen LogP contribution in [-0.4, -0.2) is 18.1 Å². The van der Waals surface area contributed by atoms with E-state index in [2.05, 4.69) is 48.7 Å². The predicted octanol–water partition coefficient (Wildman–Crippen LogP) is 5.68. The summed E-state index contributed by atoms with van der Waals surface area (Å²) in [6, 6.07) is 15.2. The molecule has 0 N–H and O–H groups in total. The third-order valence-corrected chi connectivity index (χ3v) is 7.39. The van der Waals surface area contributed by atoms with Crippen LogP contribution in [0.1, 0.15) is 47.6 Å². The molecule has 1 fully saturated rings. The molecule has 0 bridgehead atoms. The number of nitrogens with zero attached hydrogens (tertiary/aromatic N) is 1. The van der Waals surface area contributed by atoms with Gasteiger partial charge in [-0.25, -0.2) is 0 Å². The molecule has 3 aromatic rings. The van der Waals surface area contributed by atoms with Gasteiger partial charge >= 0.3 is 5.97 Å². The maximum Gasteiger partial charge on any atom is 0.309 e. The molecule has 1 unspecified atom stereocenters. The summed E-state index contributed by atoms with van der Waals surface area (Å²) in [4.78, 5) is 18.3. The Balaban J connectivity index is 1.59. The Hall–Kier alpha value is -2.33. The van der Waals surface area contributed by atoms with Gasteiger partial charge in [0.05, 0.1) is 13.0 Å². The number of rotatable bonds is 5. The average molecular weight is 404 g/mol. The summed E-state index contributed by atoms with van der Waals surface area (Å²) < 4.78 is 5.06. The molecule has 0 saturated heterocycles. The Morgan fingerprint density at radius 1 is 1.17 bits per heavy atom. The number of pyridine rings is 1. The van der Waals surface area contributed by atoms with Crippen LogP contribution in [-0.2, 0) is 28.1 Å². The maximum atomic E-state index is 12.2. The van der Waals surface area contributed by atoms with Crippen LogP contribution in [0.4, 0.5) is 0 Å². The molecule has 0 amide bonds. The summed E-state index contributed by atoms with van der Waals surface area (Å²) >= 11 is 1.90. The maximum absolute atomic E-state index is 12.2. The molecule has 0 spiro atoms. The fourth-order valence-electron chi connectivity index (χ4n) is 4.37. The predicted molar refractivity (Wildman–Crippen MR) is 117 cm³/mol. The number of benzene rings is 2. The lowest BCUT2D eigenvalue weighted by Gasteiger charge is -2.26. The highest BCUT2D eigenvalue weighted by molar-refractivity contribution is 7.98. The number of carbonyl (C=O) groups is 1. The molecule has 2 aliphatic carbocycles. The zero-order valence-electron chi connectivity index (χ0n) is 16.7.